The highest BCUT2D eigenvalue weighted by molar-refractivity contribution is 5.66. The zero-order valence-corrected chi connectivity index (χ0v) is 12.5. The molecule has 5 heteroatoms. The van der Waals surface area contributed by atoms with Crippen molar-refractivity contribution in [2.75, 3.05) is 5.32 Å². The summed E-state index contributed by atoms with van der Waals surface area (Å²) in [6.07, 6.45) is 1.79. The molecule has 0 saturated heterocycles. The Morgan fingerprint density at radius 1 is 1.14 bits per heavy atom. The van der Waals surface area contributed by atoms with Gasteiger partial charge in [-0.15, -0.1) is 0 Å². The Labute approximate surface area is 129 Å². The van der Waals surface area contributed by atoms with Crippen LogP contribution in [0.1, 0.15) is 30.5 Å². The van der Waals surface area contributed by atoms with E-state index in [4.69, 9.17) is 15.3 Å². The van der Waals surface area contributed by atoms with Crippen LogP contribution in [-0.4, -0.2) is 11.1 Å². The van der Waals surface area contributed by atoms with Crippen molar-refractivity contribution >= 4 is 5.69 Å². The molecule has 22 heavy (non-hydrogen) atoms. The van der Waals surface area contributed by atoms with Crippen molar-refractivity contribution in [3.63, 3.8) is 0 Å². The highest BCUT2D eigenvalue weighted by atomic mass is 16.5. The minimum atomic E-state index is 0.0807. The van der Waals surface area contributed by atoms with Gasteiger partial charge in [-0.25, -0.2) is 4.98 Å². The van der Waals surface area contributed by atoms with Gasteiger partial charge in [0.25, 0.3) is 0 Å². The van der Waals surface area contributed by atoms with E-state index in [9.17, 15) is 0 Å². The van der Waals surface area contributed by atoms with Gasteiger partial charge in [0.05, 0.1) is 22.9 Å². The first-order chi connectivity index (χ1) is 10.6. The lowest BCUT2D eigenvalue weighted by Crippen LogP contribution is -2.07. The lowest BCUT2D eigenvalue weighted by atomic mass is 10.1. The SMILES string of the molecule is CC(C)Oc1ccc(CNc2c(C#N)cccc2C#N)cn1. The molecule has 0 radical (unpaired) electrons. The van der Waals surface area contributed by atoms with Gasteiger partial charge in [-0.1, -0.05) is 12.1 Å². The zero-order valence-electron chi connectivity index (χ0n) is 12.5. The second kappa shape index (κ2) is 7.10. The van der Waals surface area contributed by atoms with Crippen molar-refractivity contribution in [1.29, 1.82) is 10.5 Å². The van der Waals surface area contributed by atoms with Crippen molar-refractivity contribution in [2.24, 2.45) is 0 Å². The van der Waals surface area contributed by atoms with Crippen molar-refractivity contribution < 1.29 is 4.74 Å². The third-order valence-electron chi connectivity index (χ3n) is 2.93. The van der Waals surface area contributed by atoms with Gasteiger partial charge in [0, 0.05) is 18.8 Å². The van der Waals surface area contributed by atoms with Crippen LogP contribution in [0.25, 0.3) is 0 Å². The number of nitrogens with zero attached hydrogens (tertiary/aromatic N) is 3. The lowest BCUT2D eigenvalue weighted by Gasteiger charge is -2.11. The molecule has 5 nitrogen and oxygen atoms in total. The fraction of sp³-hybridized carbons (Fsp3) is 0.235. The van der Waals surface area contributed by atoms with Crippen LogP contribution in [0.15, 0.2) is 36.5 Å². The molecule has 1 aromatic carbocycles. The van der Waals surface area contributed by atoms with E-state index < -0.39 is 0 Å². The van der Waals surface area contributed by atoms with E-state index >= 15 is 0 Å². The third-order valence-corrected chi connectivity index (χ3v) is 2.93. The molecule has 0 unspecified atom stereocenters. The van der Waals surface area contributed by atoms with Crippen molar-refractivity contribution in [3.8, 4) is 18.0 Å². The van der Waals surface area contributed by atoms with Crippen LogP contribution in [0.2, 0.25) is 0 Å². The third kappa shape index (κ3) is 3.74. The zero-order chi connectivity index (χ0) is 15.9. The first-order valence-electron chi connectivity index (χ1n) is 6.92. The molecule has 0 fully saturated rings. The summed E-state index contributed by atoms with van der Waals surface area (Å²) in [4.78, 5) is 4.22. The molecule has 0 aliphatic heterocycles. The number of hydrogen-bond acceptors (Lipinski definition) is 5. The maximum atomic E-state index is 9.13. The van der Waals surface area contributed by atoms with Crippen LogP contribution >= 0.6 is 0 Å². The van der Waals surface area contributed by atoms with E-state index in [-0.39, 0.29) is 6.10 Å². The van der Waals surface area contributed by atoms with E-state index in [0.717, 1.165) is 5.56 Å². The summed E-state index contributed by atoms with van der Waals surface area (Å²) < 4.78 is 5.49. The largest absolute Gasteiger partial charge is 0.475 e. The quantitative estimate of drug-likeness (QED) is 0.915. The lowest BCUT2D eigenvalue weighted by molar-refractivity contribution is 0.232. The average molecular weight is 292 g/mol. The summed E-state index contributed by atoms with van der Waals surface area (Å²) >= 11 is 0. The number of pyridine rings is 1. The van der Waals surface area contributed by atoms with Crippen LogP contribution in [0.4, 0.5) is 5.69 Å². The van der Waals surface area contributed by atoms with Crippen LogP contribution in [0, 0.1) is 22.7 Å². The van der Waals surface area contributed by atoms with Crippen LogP contribution in [0.5, 0.6) is 5.88 Å². The number of nitrogens with one attached hydrogen (secondary N) is 1. The van der Waals surface area contributed by atoms with Crippen molar-refractivity contribution in [3.05, 3.63) is 53.2 Å². The molecule has 0 bridgehead atoms. The maximum Gasteiger partial charge on any atom is 0.213 e. The number of hydrogen-bond donors (Lipinski definition) is 1. The van der Waals surface area contributed by atoms with Crippen LogP contribution in [0.3, 0.4) is 0 Å². The minimum Gasteiger partial charge on any atom is -0.475 e. The molecule has 1 aromatic heterocycles. The number of ether oxygens (including phenoxy) is 1. The van der Waals surface area contributed by atoms with E-state index in [2.05, 4.69) is 22.4 Å². The Bertz CT molecular complexity index is 692. The van der Waals surface area contributed by atoms with Gasteiger partial charge in [-0.3, -0.25) is 0 Å². The number of aromatic nitrogens is 1. The fourth-order valence-electron chi connectivity index (χ4n) is 1.95. The molecule has 1 N–H and O–H groups in total. The van der Waals surface area contributed by atoms with E-state index in [0.29, 0.717) is 29.2 Å². The first kappa shape index (κ1) is 15.3. The highest BCUT2D eigenvalue weighted by Crippen LogP contribution is 2.21. The normalized spacial score (nSPS) is 9.86. The topological polar surface area (TPSA) is 81.7 Å². The molecular weight excluding hydrogens is 276 g/mol. The standard InChI is InChI=1S/C17H16N4O/c1-12(2)22-16-7-6-13(10-20-16)11-21-17-14(8-18)4-3-5-15(17)9-19/h3-7,10,12,21H,11H2,1-2H3. The van der Waals surface area contributed by atoms with E-state index in [1.165, 1.54) is 0 Å². The fourth-order valence-corrected chi connectivity index (χ4v) is 1.95. The monoisotopic (exact) mass is 292 g/mol. The smallest absolute Gasteiger partial charge is 0.213 e. The number of para-hydroxylation sites is 1. The van der Waals surface area contributed by atoms with E-state index in [1.54, 1.807) is 30.5 Å². The van der Waals surface area contributed by atoms with Crippen LogP contribution < -0.4 is 10.1 Å². The summed E-state index contributed by atoms with van der Waals surface area (Å²) in [7, 11) is 0. The van der Waals surface area contributed by atoms with Gasteiger partial charge in [-0.2, -0.15) is 10.5 Å². The summed E-state index contributed by atoms with van der Waals surface area (Å²) in [5, 5.41) is 21.4. The second-order valence-corrected chi connectivity index (χ2v) is 4.98. The van der Waals surface area contributed by atoms with Crippen LogP contribution in [-0.2, 0) is 6.54 Å². The van der Waals surface area contributed by atoms with Gasteiger partial charge in [0.1, 0.15) is 12.1 Å². The molecule has 110 valence electrons. The summed E-state index contributed by atoms with van der Waals surface area (Å²) in [5.74, 6) is 0.578. The van der Waals surface area contributed by atoms with E-state index in [1.807, 2.05) is 19.9 Å². The molecular formula is C17H16N4O. The molecule has 0 amide bonds. The van der Waals surface area contributed by atoms with Gasteiger partial charge in [0.15, 0.2) is 0 Å². The molecule has 0 saturated carbocycles. The molecule has 0 atom stereocenters. The molecule has 2 aromatic rings. The first-order valence-corrected chi connectivity index (χ1v) is 6.92. The number of benzene rings is 1. The predicted molar refractivity (Wildman–Crippen MR) is 83.2 cm³/mol. The van der Waals surface area contributed by atoms with Crippen molar-refractivity contribution in [1.82, 2.24) is 4.98 Å². The Hall–Kier alpha value is -3.05. The van der Waals surface area contributed by atoms with Gasteiger partial charge in [-0.05, 0) is 31.5 Å². The van der Waals surface area contributed by atoms with Gasteiger partial charge in [0.2, 0.25) is 5.88 Å². The highest BCUT2D eigenvalue weighted by Gasteiger charge is 2.08. The minimum absolute atomic E-state index is 0.0807. The van der Waals surface area contributed by atoms with Gasteiger partial charge >= 0.3 is 0 Å². The molecule has 0 spiro atoms. The number of rotatable bonds is 5. The average Bonchev–Trinajstić information content (AvgIpc) is 2.53. The Morgan fingerprint density at radius 3 is 2.32 bits per heavy atom. The van der Waals surface area contributed by atoms with Crippen molar-refractivity contribution in [2.45, 2.75) is 26.5 Å². The summed E-state index contributed by atoms with van der Waals surface area (Å²) in [5.41, 5.74) is 2.39. The molecule has 2 rings (SSSR count). The number of nitriles is 2. The second-order valence-electron chi connectivity index (χ2n) is 4.98. The maximum absolute atomic E-state index is 9.13. The Balaban J connectivity index is 2.11. The molecule has 0 aliphatic carbocycles. The van der Waals surface area contributed by atoms with Gasteiger partial charge < -0.3 is 10.1 Å². The Kier molecular flexibility index (Phi) is 4.95. The molecule has 0 aliphatic rings. The predicted octanol–water partition coefficient (Wildman–Crippen LogP) is 3.22. The summed E-state index contributed by atoms with van der Waals surface area (Å²) in [6, 6.07) is 12.9. The molecule has 1 heterocycles. The summed E-state index contributed by atoms with van der Waals surface area (Å²) in [6.45, 7) is 4.36. The number of anilines is 1. The Morgan fingerprint density at radius 2 is 1.82 bits per heavy atom.